The largest absolute Gasteiger partial charge is 0.323 e. The van der Waals surface area contributed by atoms with Crippen LogP contribution < -0.4 is 5.73 Å². The maximum atomic E-state index is 5.72. The fourth-order valence-corrected chi connectivity index (χ4v) is 2.07. The van der Waals surface area contributed by atoms with Crippen LogP contribution in [0.15, 0.2) is 6.20 Å². The van der Waals surface area contributed by atoms with Crippen molar-refractivity contribution in [3.63, 3.8) is 0 Å². The van der Waals surface area contributed by atoms with Gasteiger partial charge in [0.25, 0.3) is 0 Å². The molecule has 0 aromatic carbocycles. The van der Waals surface area contributed by atoms with Gasteiger partial charge in [-0.3, -0.25) is 4.68 Å². The number of hydrogen-bond donors (Lipinski definition) is 1. The number of hydrogen-bond acceptors (Lipinski definition) is 3. The highest BCUT2D eigenvalue weighted by Gasteiger charge is 2.16. The third-order valence-corrected chi connectivity index (χ3v) is 2.94. The zero-order valence-corrected chi connectivity index (χ0v) is 8.69. The molecule has 78 valence electrons. The van der Waals surface area contributed by atoms with E-state index in [1.165, 1.54) is 25.7 Å². The van der Waals surface area contributed by atoms with E-state index in [9.17, 15) is 0 Å². The summed E-state index contributed by atoms with van der Waals surface area (Å²) in [6.45, 7) is 2.95. The minimum atomic E-state index is -0.00710. The number of aromatic nitrogens is 3. The fourth-order valence-electron chi connectivity index (χ4n) is 2.07. The molecule has 2 N–H and O–H groups in total. The molecule has 0 saturated heterocycles. The number of nitrogens with zero attached hydrogens (tertiary/aromatic N) is 3. The standard InChI is InChI=1S/C10H18N4/c1-8(11)10-7-14(13-12-10)6-9-4-2-3-5-9/h7-9H,2-6,11H2,1H3. The lowest BCUT2D eigenvalue weighted by Gasteiger charge is -2.07. The molecular weight excluding hydrogens is 176 g/mol. The molecule has 0 spiro atoms. The summed E-state index contributed by atoms with van der Waals surface area (Å²) in [6, 6.07) is -0.00710. The third kappa shape index (κ3) is 2.12. The third-order valence-electron chi connectivity index (χ3n) is 2.94. The van der Waals surface area contributed by atoms with Gasteiger partial charge in [0, 0.05) is 12.6 Å². The van der Waals surface area contributed by atoms with E-state index in [0.717, 1.165) is 18.2 Å². The Morgan fingerprint density at radius 1 is 1.57 bits per heavy atom. The molecule has 1 aliphatic rings. The second-order valence-electron chi connectivity index (χ2n) is 4.30. The van der Waals surface area contributed by atoms with Crippen molar-refractivity contribution in [2.24, 2.45) is 11.7 Å². The first-order chi connectivity index (χ1) is 6.75. The Kier molecular flexibility index (Phi) is 2.82. The van der Waals surface area contributed by atoms with Crippen molar-refractivity contribution in [1.82, 2.24) is 15.0 Å². The molecule has 4 heteroatoms. The SMILES string of the molecule is CC(N)c1cn(CC2CCCC2)nn1. The van der Waals surface area contributed by atoms with Gasteiger partial charge in [-0.1, -0.05) is 18.1 Å². The zero-order chi connectivity index (χ0) is 9.97. The molecule has 1 aromatic heterocycles. The fraction of sp³-hybridized carbons (Fsp3) is 0.800. The second-order valence-corrected chi connectivity index (χ2v) is 4.30. The monoisotopic (exact) mass is 194 g/mol. The first kappa shape index (κ1) is 9.65. The quantitative estimate of drug-likeness (QED) is 0.793. The summed E-state index contributed by atoms with van der Waals surface area (Å²) in [7, 11) is 0. The van der Waals surface area contributed by atoms with Gasteiger partial charge < -0.3 is 5.73 Å². The minimum absolute atomic E-state index is 0.00710. The van der Waals surface area contributed by atoms with Crippen LogP contribution in [0.1, 0.15) is 44.3 Å². The van der Waals surface area contributed by atoms with Crippen LogP contribution >= 0.6 is 0 Å². The van der Waals surface area contributed by atoms with E-state index >= 15 is 0 Å². The first-order valence-electron chi connectivity index (χ1n) is 5.41. The summed E-state index contributed by atoms with van der Waals surface area (Å²) >= 11 is 0. The average molecular weight is 194 g/mol. The molecule has 1 atom stereocenters. The van der Waals surface area contributed by atoms with Gasteiger partial charge in [0.2, 0.25) is 0 Å². The van der Waals surface area contributed by atoms with Gasteiger partial charge in [-0.15, -0.1) is 5.10 Å². The molecule has 0 radical (unpaired) electrons. The van der Waals surface area contributed by atoms with E-state index in [2.05, 4.69) is 10.3 Å². The summed E-state index contributed by atoms with van der Waals surface area (Å²) in [6.07, 6.45) is 7.41. The van der Waals surface area contributed by atoms with E-state index in [0.29, 0.717) is 0 Å². The highest BCUT2D eigenvalue weighted by atomic mass is 15.4. The van der Waals surface area contributed by atoms with E-state index in [1.54, 1.807) is 0 Å². The molecule has 1 aromatic rings. The van der Waals surface area contributed by atoms with E-state index in [-0.39, 0.29) is 6.04 Å². The lowest BCUT2D eigenvalue weighted by Crippen LogP contribution is -2.08. The molecule has 0 aliphatic heterocycles. The van der Waals surface area contributed by atoms with Gasteiger partial charge in [-0.25, -0.2) is 0 Å². The summed E-state index contributed by atoms with van der Waals surface area (Å²) in [5.74, 6) is 0.803. The summed E-state index contributed by atoms with van der Waals surface area (Å²) in [5, 5.41) is 8.13. The van der Waals surface area contributed by atoms with Gasteiger partial charge in [0.05, 0.1) is 11.9 Å². The molecule has 1 aliphatic carbocycles. The van der Waals surface area contributed by atoms with Crippen molar-refractivity contribution in [2.75, 3.05) is 0 Å². The van der Waals surface area contributed by atoms with Gasteiger partial charge in [-0.2, -0.15) is 0 Å². The van der Waals surface area contributed by atoms with Crippen molar-refractivity contribution in [2.45, 2.75) is 45.2 Å². The molecule has 1 fully saturated rings. The van der Waals surface area contributed by atoms with Gasteiger partial charge >= 0.3 is 0 Å². The van der Waals surface area contributed by atoms with Crippen LogP contribution in [0, 0.1) is 5.92 Å². The molecule has 2 rings (SSSR count). The Morgan fingerprint density at radius 3 is 2.86 bits per heavy atom. The maximum Gasteiger partial charge on any atom is 0.0991 e. The number of nitrogens with two attached hydrogens (primary N) is 1. The molecule has 1 saturated carbocycles. The van der Waals surface area contributed by atoms with Crippen molar-refractivity contribution >= 4 is 0 Å². The van der Waals surface area contributed by atoms with Crippen LogP contribution in [0.3, 0.4) is 0 Å². The smallest absolute Gasteiger partial charge is 0.0991 e. The van der Waals surface area contributed by atoms with Gasteiger partial charge in [0.15, 0.2) is 0 Å². The minimum Gasteiger partial charge on any atom is -0.323 e. The van der Waals surface area contributed by atoms with E-state index < -0.39 is 0 Å². The van der Waals surface area contributed by atoms with Crippen molar-refractivity contribution < 1.29 is 0 Å². The molecule has 14 heavy (non-hydrogen) atoms. The van der Waals surface area contributed by atoms with Gasteiger partial charge in [0.1, 0.15) is 0 Å². The predicted octanol–water partition coefficient (Wildman–Crippen LogP) is 1.49. The summed E-state index contributed by atoms with van der Waals surface area (Å²) < 4.78 is 1.94. The molecule has 1 heterocycles. The van der Waals surface area contributed by atoms with Crippen LogP contribution in [0.2, 0.25) is 0 Å². The Balaban J connectivity index is 1.95. The van der Waals surface area contributed by atoms with Crippen LogP contribution in [0.4, 0.5) is 0 Å². The Morgan fingerprint density at radius 2 is 2.29 bits per heavy atom. The topological polar surface area (TPSA) is 56.7 Å². The van der Waals surface area contributed by atoms with Crippen LogP contribution in [0.25, 0.3) is 0 Å². The average Bonchev–Trinajstić information content (AvgIpc) is 2.75. The molecule has 0 bridgehead atoms. The van der Waals surface area contributed by atoms with Crippen molar-refractivity contribution in [1.29, 1.82) is 0 Å². The van der Waals surface area contributed by atoms with Crippen molar-refractivity contribution in [3.05, 3.63) is 11.9 Å². The lowest BCUT2D eigenvalue weighted by atomic mass is 10.1. The molecule has 0 amide bonds. The molecule has 1 unspecified atom stereocenters. The second kappa shape index (κ2) is 4.09. The van der Waals surface area contributed by atoms with Gasteiger partial charge in [-0.05, 0) is 25.7 Å². The van der Waals surface area contributed by atoms with E-state index in [4.69, 9.17) is 5.73 Å². The molecular formula is C10H18N4. The highest BCUT2D eigenvalue weighted by molar-refractivity contribution is 4.97. The normalized spacial score (nSPS) is 20.1. The van der Waals surface area contributed by atoms with Crippen LogP contribution in [0.5, 0.6) is 0 Å². The maximum absolute atomic E-state index is 5.72. The highest BCUT2D eigenvalue weighted by Crippen LogP contribution is 2.25. The van der Waals surface area contributed by atoms with Crippen molar-refractivity contribution in [3.8, 4) is 0 Å². The Bertz CT molecular complexity index is 286. The lowest BCUT2D eigenvalue weighted by molar-refractivity contribution is 0.421. The zero-order valence-electron chi connectivity index (χ0n) is 8.69. The first-order valence-corrected chi connectivity index (χ1v) is 5.41. The summed E-state index contributed by atoms with van der Waals surface area (Å²) in [5.41, 5.74) is 6.61. The predicted molar refractivity (Wildman–Crippen MR) is 54.6 cm³/mol. The van der Waals surface area contributed by atoms with Crippen LogP contribution in [-0.2, 0) is 6.54 Å². The Labute approximate surface area is 84.5 Å². The Hall–Kier alpha value is -0.900. The number of rotatable bonds is 3. The van der Waals surface area contributed by atoms with Crippen LogP contribution in [-0.4, -0.2) is 15.0 Å². The molecule has 4 nitrogen and oxygen atoms in total. The summed E-state index contributed by atoms with van der Waals surface area (Å²) in [4.78, 5) is 0. The van der Waals surface area contributed by atoms with E-state index in [1.807, 2.05) is 17.8 Å².